The first kappa shape index (κ1) is 21.3. The van der Waals surface area contributed by atoms with Gasteiger partial charge in [0, 0.05) is 42.6 Å². The SMILES string of the molecule is COCCNC(=O)c1ccc(-n2cccn2)c(COc2cc3cc(F)ccc3nc2N)c1. The average molecular weight is 435 g/mol. The van der Waals surface area contributed by atoms with Gasteiger partial charge in [-0.25, -0.2) is 14.1 Å². The summed E-state index contributed by atoms with van der Waals surface area (Å²) in [7, 11) is 1.57. The van der Waals surface area contributed by atoms with Crippen LogP contribution in [0, 0.1) is 5.82 Å². The minimum Gasteiger partial charge on any atom is -0.485 e. The topological polar surface area (TPSA) is 104 Å². The van der Waals surface area contributed by atoms with Crippen LogP contribution < -0.4 is 15.8 Å². The van der Waals surface area contributed by atoms with Gasteiger partial charge in [-0.05, 0) is 48.5 Å². The number of carbonyl (C=O) groups excluding carboxylic acids is 1. The van der Waals surface area contributed by atoms with E-state index in [-0.39, 0.29) is 24.1 Å². The van der Waals surface area contributed by atoms with E-state index in [1.165, 1.54) is 12.1 Å². The molecular formula is C23H22FN5O3. The van der Waals surface area contributed by atoms with E-state index >= 15 is 0 Å². The van der Waals surface area contributed by atoms with Crippen LogP contribution in [0.3, 0.4) is 0 Å². The van der Waals surface area contributed by atoms with Crippen LogP contribution in [0.5, 0.6) is 5.75 Å². The molecule has 2 aromatic carbocycles. The number of hydrogen-bond acceptors (Lipinski definition) is 6. The predicted octanol–water partition coefficient (Wildman–Crippen LogP) is 3.10. The summed E-state index contributed by atoms with van der Waals surface area (Å²) >= 11 is 0. The second kappa shape index (κ2) is 9.44. The molecule has 4 rings (SSSR count). The monoisotopic (exact) mass is 435 g/mol. The second-order valence-electron chi connectivity index (χ2n) is 7.04. The molecule has 8 nitrogen and oxygen atoms in total. The molecule has 0 unspecified atom stereocenters. The Balaban J connectivity index is 1.62. The van der Waals surface area contributed by atoms with Crippen LogP contribution in [0.1, 0.15) is 15.9 Å². The van der Waals surface area contributed by atoms with Crippen LogP contribution in [0.2, 0.25) is 0 Å². The Morgan fingerprint density at radius 2 is 2.09 bits per heavy atom. The Morgan fingerprint density at radius 1 is 1.22 bits per heavy atom. The largest absolute Gasteiger partial charge is 0.485 e. The molecule has 0 radical (unpaired) electrons. The van der Waals surface area contributed by atoms with E-state index in [1.54, 1.807) is 60.6 Å². The molecule has 0 aliphatic rings. The molecule has 0 saturated heterocycles. The highest BCUT2D eigenvalue weighted by molar-refractivity contribution is 5.94. The number of halogens is 1. The number of nitrogens with zero attached hydrogens (tertiary/aromatic N) is 3. The molecule has 164 valence electrons. The Labute approximate surface area is 183 Å². The molecule has 3 N–H and O–H groups in total. The molecule has 2 aromatic heterocycles. The predicted molar refractivity (Wildman–Crippen MR) is 118 cm³/mol. The Morgan fingerprint density at radius 3 is 2.88 bits per heavy atom. The first-order valence-corrected chi connectivity index (χ1v) is 9.94. The lowest BCUT2D eigenvalue weighted by atomic mass is 10.1. The van der Waals surface area contributed by atoms with Crippen LogP contribution in [0.25, 0.3) is 16.6 Å². The van der Waals surface area contributed by atoms with Gasteiger partial charge in [0.05, 0.1) is 17.8 Å². The number of benzene rings is 2. The summed E-state index contributed by atoms with van der Waals surface area (Å²) in [4.78, 5) is 16.8. The van der Waals surface area contributed by atoms with E-state index in [1.807, 2.05) is 0 Å². The number of nitrogens with one attached hydrogen (secondary N) is 1. The normalized spacial score (nSPS) is 10.9. The third-order valence-electron chi connectivity index (χ3n) is 4.84. The fourth-order valence-electron chi connectivity index (χ4n) is 3.26. The van der Waals surface area contributed by atoms with Crippen molar-refractivity contribution in [3.63, 3.8) is 0 Å². The third kappa shape index (κ3) is 4.68. The lowest BCUT2D eigenvalue weighted by molar-refractivity contribution is 0.0937. The van der Waals surface area contributed by atoms with Crippen LogP contribution in [-0.2, 0) is 11.3 Å². The fraction of sp³-hybridized carbons (Fsp3) is 0.174. The molecular weight excluding hydrogens is 413 g/mol. The third-order valence-corrected chi connectivity index (χ3v) is 4.84. The number of nitrogen functional groups attached to an aromatic ring is 1. The van der Waals surface area contributed by atoms with Gasteiger partial charge in [-0.2, -0.15) is 5.10 Å². The maximum absolute atomic E-state index is 13.6. The minimum absolute atomic E-state index is 0.0983. The number of carbonyl (C=O) groups is 1. The second-order valence-corrected chi connectivity index (χ2v) is 7.04. The summed E-state index contributed by atoms with van der Waals surface area (Å²) in [6.07, 6.45) is 3.46. The average Bonchev–Trinajstić information content (AvgIpc) is 3.32. The lowest BCUT2D eigenvalue weighted by Gasteiger charge is -2.14. The highest BCUT2D eigenvalue weighted by Gasteiger charge is 2.13. The molecule has 0 spiro atoms. The van der Waals surface area contributed by atoms with E-state index in [4.69, 9.17) is 15.2 Å². The zero-order valence-corrected chi connectivity index (χ0v) is 17.4. The number of nitrogens with two attached hydrogens (primary N) is 1. The van der Waals surface area contributed by atoms with Gasteiger partial charge in [-0.1, -0.05) is 0 Å². The Hall–Kier alpha value is -3.98. The van der Waals surface area contributed by atoms with Gasteiger partial charge in [0.1, 0.15) is 12.4 Å². The Bertz CT molecular complexity index is 1240. The molecule has 0 saturated carbocycles. The number of fused-ring (bicyclic) bond motifs is 1. The summed E-state index contributed by atoms with van der Waals surface area (Å²) in [5.41, 5.74) is 8.56. The zero-order valence-electron chi connectivity index (χ0n) is 17.4. The highest BCUT2D eigenvalue weighted by atomic mass is 19.1. The quantitative estimate of drug-likeness (QED) is 0.412. The first-order valence-electron chi connectivity index (χ1n) is 9.94. The molecule has 0 fully saturated rings. The van der Waals surface area contributed by atoms with E-state index in [2.05, 4.69) is 15.4 Å². The summed E-state index contributed by atoms with van der Waals surface area (Å²) in [6.45, 7) is 0.918. The molecule has 0 atom stereocenters. The van der Waals surface area contributed by atoms with Crippen molar-refractivity contribution in [2.24, 2.45) is 0 Å². The van der Waals surface area contributed by atoms with Crippen molar-refractivity contribution in [1.29, 1.82) is 0 Å². The smallest absolute Gasteiger partial charge is 0.251 e. The molecule has 1 amide bonds. The number of ether oxygens (including phenoxy) is 2. The standard InChI is InChI=1S/C23H22FN5O3/c1-31-10-8-26-23(30)15-3-6-20(29-9-2-7-27-29)17(11-15)14-32-21-13-16-12-18(24)4-5-19(16)28-22(21)25/h2-7,9,11-13H,8,10,14H2,1H3,(H2,25,28)(H,26,30). The maximum Gasteiger partial charge on any atom is 0.251 e. The Kier molecular flexibility index (Phi) is 6.27. The van der Waals surface area contributed by atoms with E-state index in [9.17, 15) is 9.18 Å². The van der Waals surface area contributed by atoms with Gasteiger partial charge >= 0.3 is 0 Å². The van der Waals surface area contributed by atoms with Crippen molar-refractivity contribution in [2.45, 2.75) is 6.61 Å². The summed E-state index contributed by atoms with van der Waals surface area (Å²) in [5.74, 6) is -0.0801. The molecule has 9 heteroatoms. The minimum atomic E-state index is -0.372. The van der Waals surface area contributed by atoms with Crippen molar-refractivity contribution in [3.05, 3.63) is 77.9 Å². The van der Waals surface area contributed by atoms with Crippen LogP contribution >= 0.6 is 0 Å². The van der Waals surface area contributed by atoms with Crippen molar-refractivity contribution in [3.8, 4) is 11.4 Å². The molecule has 4 aromatic rings. The van der Waals surface area contributed by atoms with Gasteiger partial charge in [0.15, 0.2) is 11.6 Å². The summed E-state index contributed by atoms with van der Waals surface area (Å²) < 4.78 is 26.2. The molecule has 0 bridgehead atoms. The molecule has 2 heterocycles. The number of rotatable bonds is 8. The van der Waals surface area contributed by atoms with Gasteiger partial charge in [-0.3, -0.25) is 4.79 Å². The molecule has 0 aliphatic heterocycles. The first-order chi connectivity index (χ1) is 15.5. The highest BCUT2D eigenvalue weighted by Crippen LogP contribution is 2.27. The summed E-state index contributed by atoms with van der Waals surface area (Å²) in [6, 6.07) is 13.0. The van der Waals surface area contributed by atoms with E-state index < -0.39 is 0 Å². The number of amides is 1. The van der Waals surface area contributed by atoms with Gasteiger partial charge in [0.25, 0.3) is 5.91 Å². The van der Waals surface area contributed by atoms with Crippen molar-refractivity contribution in [2.75, 3.05) is 26.0 Å². The van der Waals surface area contributed by atoms with E-state index in [0.29, 0.717) is 40.9 Å². The molecule has 32 heavy (non-hydrogen) atoms. The number of hydrogen-bond donors (Lipinski definition) is 2. The number of methoxy groups -OCH3 is 1. The number of pyridine rings is 1. The van der Waals surface area contributed by atoms with Crippen LogP contribution in [0.15, 0.2) is 60.9 Å². The van der Waals surface area contributed by atoms with E-state index in [0.717, 1.165) is 5.69 Å². The van der Waals surface area contributed by atoms with Crippen LogP contribution in [-0.4, -0.2) is 40.9 Å². The van der Waals surface area contributed by atoms with Crippen molar-refractivity contribution in [1.82, 2.24) is 20.1 Å². The van der Waals surface area contributed by atoms with Crippen LogP contribution in [0.4, 0.5) is 10.2 Å². The molecule has 0 aliphatic carbocycles. The number of anilines is 1. The zero-order chi connectivity index (χ0) is 22.5. The lowest BCUT2D eigenvalue weighted by Crippen LogP contribution is -2.27. The van der Waals surface area contributed by atoms with Crippen molar-refractivity contribution < 1.29 is 18.7 Å². The van der Waals surface area contributed by atoms with Gasteiger partial charge in [-0.15, -0.1) is 0 Å². The maximum atomic E-state index is 13.6. The van der Waals surface area contributed by atoms with Gasteiger partial charge in [0.2, 0.25) is 0 Å². The fourth-order valence-corrected chi connectivity index (χ4v) is 3.26. The van der Waals surface area contributed by atoms with Crippen molar-refractivity contribution >= 4 is 22.6 Å². The summed E-state index contributed by atoms with van der Waals surface area (Å²) in [5, 5.41) is 7.64. The van der Waals surface area contributed by atoms with Gasteiger partial charge < -0.3 is 20.5 Å². The number of aromatic nitrogens is 3.